The molecule has 0 spiro atoms. The SMILES string of the molecule is C[C@H](CO)NCC12CC3CC(CC(C3)C1)C2. The van der Waals surface area contributed by atoms with Crippen molar-refractivity contribution in [2.24, 2.45) is 23.2 Å². The van der Waals surface area contributed by atoms with Crippen molar-refractivity contribution in [3.8, 4) is 0 Å². The Hall–Kier alpha value is -0.0800. The number of nitrogens with one attached hydrogen (secondary N) is 1. The van der Waals surface area contributed by atoms with Crippen LogP contribution in [0, 0.1) is 23.2 Å². The molecular weight excluding hydrogens is 198 g/mol. The molecule has 4 bridgehead atoms. The van der Waals surface area contributed by atoms with Crippen molar-refractivity contribution in [1.29, 1.82) is 0 Å². The second kappa shape index (κ2) is 3.99. The van der Waals surface area contributed by atoms with Gasteiger partial charge in [0.15, 0.2) is 0 Å². The summed E-state index contributed by atoms with van der Waals surface area (Å²) in [5.41, 5.74) is 0.609. The summed E-state index contributed by atoms with van der Waals surface area (Å²) in [6.07, 6.45) is 8.96. The number of hydrogen-bond acceptors (Lipinski definition) is 2. The lowest BCUT2D eigenvalue weighted by Crippen LogP contribution is -2.51. The number of aliphatic hydroxyl groups is 1. The van der Waals surface area contributed by atoms with E-state index in [-0.39, 0.29) is 12.6 Å². The summed E-state index contributed by atoms with van der Waals surface area (Å²) >= 11 is 0. The Balaban J connectivity index is 1.64. The molecule has 1 atom stereocenters. The Labute approximate surface area is 98.8 Å². The molecule has 2 nitrogen and oxygen atoms in total. The highest BCUT2D eigenvalue weighted by Gasteiger charge is 2.50. The van der Waals surface area contributed by atoms with Gasteiger partial charge in [0.2, 0.25) is 0 Å². The zero-order chi connectivity index (χ0) is 11.2. The molecule has 16 heavy (non-hydrogen) atoms. The van der Waals surface area contributed by atoms with Crippen LogP contribution in [0.3, 0.4) is 0 Å². The van der Waals surface area contributed by atoms with Crippen LogP contribution in [0.2, 0.25) is 0 Å². The van der Waals surface area contributed by atoms with Crippen LogP contribution in [0.5, 0.6) is 0 Å². The molecule has 0 aromatic rings. The quantitative estimate of drug-likeness (QED) is 0.765. The second-order valence-electron chi connectivity index (χ2n) is 6.88. The van der Waals surface area contributed by atoms with Gasteiger partial charge in [0.25, 0.3) is 0 Å². The first-order valence-corrected chi connectivity index (χ1v) is 7.03. The van der Waals surface area contributed by atoms with Crippen molar-refractivity contribution in [1.82, 2.24) is 5.32 Å². The highest BCUT2D eigenvalue weighted by atomic mass is 16.3. The van der Waals surface area contributed by atoms with Crippen LogP contribution in [-0.2, 0) is 0 Å². The van der Waals surface area contributed by atoms with Gasteiger partial charge in [-0.1, -0.05) is 0 Å². The lowest BCUT2D eigenvalue weighted by atomic mass is 9.49. The van der Waals surface area contributed by atoms with E-state index in [0.29, 0.717) is 5.41 Å². The fourth-order valence-corrected chi connectivity index (χ4v) is 4.96. The molecule has 2 heteroatoms. The van der Waals surface area contributed by atoms with Gasteiger partial charge in [-0.05, 0) is 68.6 Å². The average molecular weight is 223 g/mol. The summed E-state index contributed by atoms with van der Waals surface area (Å²) in [5, 5.41) is 12.6. The average Bonchev–Trinajstić information content (AvgIpc) is 2.24. The van der Waals surface area contributed by atoms with Crippen LogP contribution in [-0.4, -0.2) is 24.3 Å². The molecule has 0 saturated heterocycles. The number of aliphatic hydroxyl groups excluding tert-OH is 1. The van der Waals surface area contributed by atoms with Gasteiger partial charge in [0.1, 0.15) is 0 Å². The molecule has 92 valence electrons. The van der Waals surface area contributed by atoms with E-state index in [1.54, 1.807) is 0 Å². The van der Waals surface area contributed by atoms with E-state index in [1.807, 2.05) is 0 Å². The van der Waals surface area contributed by atoms with Crippen LogP contribution in [0.15, 0.2) is 0 Å². The van der Waals surface area contributed by atoms with Gasteiger partial charge in [-0.25, -0.2) is 0 Å². The van der Waals surface area contributed by atoms with Gasteiger partial charge in [-0.15, -0.1) is 0 Å². The molecule has 0 heterocycles. The van der Waals surface area contributed by atoms with Gasteiger partial charge >= 0.3 is 0 Å². The monoisotopic (exact) mass is 223 g/mol. The fourth-order valence-electron chi connectivity index (χ4n) is 4.96. The largest absolute Gasteiger partial charge is 0.395 e. The van der Waals surface area contributed by atoms with Crippen LogP contribution < -0.4 is 5.32 Å². The van der Waals surface area contributed by atoms with Crippen LogP contribution in [0.4, 0.5) is 0 Å². The molecule has 4 saturated carbocycles. The Morgan fingerprint density at radius 3 is 2.06 bits per heavy atom. The summed E-state index contributed by atoms with van der Waals surface area (Å²) in [7, 11) is 0. The van der Waals surface area contributed by atoms with E-state index < -0.39 is 0 Å². The molecule has 0 aromatic carbocycles. The summed E-state index contributed by atoms with van der Waals surface area (Å²) in [4.78, 5) is 0. The maximum absolute atomic E-state index is 9.09. The first-order valence-electron chi connectivity index (χ1n) is 7.03. The highest BCUT2D eigenvalue weighted by Crippen LogP contribution is 2.59. The fraction of sp³-hybridized carbons (Fsp3) is 1.00. The Morgan fingerprint density at radius 2 is 1.62 bits per heavy atom. The van der Waals surface area contributed by atoms with Crippen molar-refractivity contribution in [3.05, 3.63) is 0 Å². The third-order valence-corrected chi connectivity index (χ3v) is 5.26. The van der Waals surface area contributed by atoms with Gasteiger partial charge in [-0.3, -0.25) is 0 Å². The molecule has 4 aliphatic rings. The van der Waals surface area contributed by atoms with Crippen molar-refractivity contribution < 1.29 is 5.11 Å². The summed E-state index contributed by atoms with van der Waals surface area (Å²) in [6.45, 7) is 3.51. The standard InChI is InChI=1S/C14H25NO/c1-10(8-16)15-9-14-5-11-2-12(6-14)4-13(3-11)7-14/h10-13,15-16H,2-9H2,1H3/t10-,11?,12?,13?,14?/m1/s1. The first kappa shape index (κ1) is 11.0. The van der Waals surface area contributed by atoms with Gasteiger partial charge in [-0.2, -0.15) is 0 Å². The Kier molecular flexibility index (Phi) is 2.75. The van der Waals surface area contributed by atoms with Crippen molar-refractivity contribution >= 4 is 0 Å². The molecule has 0 aliphatic heterocycles. The predicted octanol–water partition coefficient (Wildman–Crippen LogP) is 2.17. The molecule has 2 N–H and O–H groups in total. The van der Waals surface area contributed by atoms with Crippen LogP contribution in [0.25, 0.3) is 0 Å². The maximum atomic E-state index is 9.09. The Morgan fingerprint density at radius 1 is 1.12 bits per heavy atom. The molecule has 0 radical (unpaired) electrons. The highest BCUT2D eigenvalue weighted by molar-refractivity contribution is 5.02. The Bertz CT molecular complexity index is 228. The third-order valence-electron chi connectivity index (χ3n) is 5.26. The van der Waals surface area contributed by atoms with Crippen LogP contribution in [0.1, 0.15) is 45.4 Å². The van der Waals surface area contributed by atoms with Crippen molar-refractivity contribution in [2.75, 3.05) is 13.2 Å². The van der Waals surface area contributed by atoms with Crippen molar-refractivity contribution in [3.63, 3.8) is 0 Å². The smallest absolute Gasteiger partial charge is 0.0581 e. The minimum absolute atomic E-state index is 0.270. The lowest BCUT2D eigenvalue weighted by molar-refractivity contribution is -0.0528. The normalized spacial score (nSPS) is 47.2. The minimum Gasteiger partial charge on any atom is -0.395 e. The topological polar surface area (TPSA) is 32.3 Å². The second-order valence-corrected chi connectivity index (χ2v) is 6.88. The zero-order valence-electron chi connectivity index (χ0n) is 10.4. The third kappa shape index (κ3) is 1.91. The van der Waals surface area contributed by atoms with E-state index in [9.17, 15) is 0 Å². The van der Waals surface area contributed by atoms with E-state index in [1.165, 1.54) is 38.5 Å². The molecule has 0 amide bonds. The van der Waals surface area contributed by atoms with E-state index in [4.69, 9.17) is 5.11 Å². The minimum atomic E-state index is 0.270. The lowest BCUT2D eigenvalue weighted by Gasteiger charge is -2.57. The van der Waals surface area contributed by atoms with Crippen LogP contribution >= 0.6 is 0 Å². The molecule has 0 aromatic heterocycles. The number of hydrogen-bond donors (Lipinski definition) is 2. The zero-order valence-corrected chi connectivity index (χ0v) is 10.4. The predicted molar refractivity (Wildman–Crippen MR) is 65.2 cm³/mol. The molecule has 0 unspecified atom stereocenters. The van der Waals surface area contributed by atoms with E-state index in [0.717, 1.165) is 24.3 Å². The first-order chi connectivity index (χ1) is 7.69. The molecule has 4 fully saturated rings. The molecule has 4 aliphatic carbocycles. The summed E-state index contributed by atoms with van der Waals surface area (Å²) < 4.78 is 0. The van der Waals surface area contributed by atoms with Gasteiger partial charge in [0.05, 0.1) is 6.61 Å². The molecule has 4 rings (SSSR count). The molecular formula is C14H25NO. The van der Waals surface area contributed by atoms with Crippen molar-refractivity contribution in [2.45, 2.75) is 51.5 Å². The maximum Gasteiger partial charge on any atom is 0.0581 e. The summed E-state index contributed by atoms with van der Waals surface area (Å²) in [5.74, 6) is 3.12. The van der Waals surface area contributed by atoms with E-state index >= 15 is 0 Å². The summed E-state index contributed by atoms with van der Waals surface area (Å²) in [6, 6.07) is 0.271. The van der Waals surface area contributed by atoms with Gasteiger partial charge < -0.3 is 10.4 Å². The number of rotatable bonds is 4. The van der Waals surface area contributed by atoms with E-state index in [2.05, 4.69) is 12.2 Å². The van der Waals surface area contributed by atoms with Gasteiger partial charge in [0, 0.05) is 12.6 Å².